The molecule has 31 heavy (non-hydrogen) atoms. The number of aromatic nitrogens is 1. The summed E-state index contributed by atoms with van der Waals surface area (Å²) >= 11 is 0. The third-order valence-electron chi connectivity index (χ3n) is 5.61. The van der Waals surface area contributed by atoms with Gasteiger partial charge in [0, 0.05) is 18.3 Å². The molecule has 6 heteroatoms. The molecular weight excluding hydrogens is 390 g/mol. The average molecular weight is 413 g/mol. The van der Waals surface area contributed by atoms with Crippen LogP contribution in [0, 0.1) is 18.3 Å². The molecular formula is C25H23N3O3. The quantitative estimate of drug-likeness (QED) is 0.690. The minimum absolute atomic E-state index is 0.0247. The molecule has 6 nitrogen and oxygen atoms in total. The maximum atomic E-state index is 13.6. The summed E-state index contributed by atoms with van der Waals surface area (Å²) in [6.07, 6.45) is 0.720. The van der Waals surface area contributed by atoms with Crippen molar-refractivity contribution < 1.29 is 9.47 Å². The van der Waals surface area contributed by atoms with Gasteiger partial charge in [-0.1, -0.05) is 42.5 Å². The average Bonchev–Trinajstić information content (AvgIpc) is 2.79. The maximum Gasteiger partial charge on any atom is 0.258 e. The summed E-state index contributed by atoms with van der Waals surface area (Å²) in [5.41, 5.74) is 9.25. The van der Waals surface area contributed by atoms with Crippen molar-refractivity contribution in [2.24, 2.45) is 5.73 Å². The smallest absolute Gasteiger partial charge is 0.258 e. The van der Waals surface area contributed by atoms with E-state index in [0.29, 0.717) is 23.6 Å². The molecule has 3 aromatic rings. The SMILES string of the molecule is COc1ccc([C@@H]2C(C#N)=C(N)Oc3cc(C)n(CCc4ccccc4)c(=O)c32)cc1. The highest BCUT2D eigenvalue weighted by molar-refractivity contribution is 5.55. The Balaban J connectivity index is 1.82. The lowest BCUT2D eigenvalue weighted by molar-refractivity contribution is 0.388. The van der Waals surface area contributed by atoms with Crippen LogP contribution in [0.3, 0.4) is 0 Å². The Kier molecular flexibility index (Phi) is 5.50. The van der Waals surface area contributed by atoms with E-state index in [1.165, 1.54) is 0 Å². The maximum absolute atomic E-state index is 13.6. The van der Waals surface area contributed by atoms with Crippen LogP contribution in [-0.2, 0) is 13.0 Å². The lowest BCUT2D eigenvalue weighted by Gasteiger charge is -2.27. The van der Waals surface area contributed by atoms with E-state index in [2.05, 4.69) is 6.07 Å². The van der Waals surface area contributed by atoms with E-state index >= 15 is 0 Å². The number of hydrogen-bond donors (Lipinski definition) is 1. The van der Waals surface area contributed by atoms with Crippen LogP contribution in [0.5, 0.6) is 11.5 Å². The number of pyridine rings is 1. The Labute approximate surface area is 180 Å². The van der Waals surface area contributed by atoms with Gasteiger partial charge < -0.3 is 19.8 Å². The number of fused-ring (bicyclic) bond motifs is 1. The number of rotatable bonds is 5. The van der Waals surface area contributed by atoms with Gasteiger partial charge in [-0.25, -0.2) is 0 Å². The predicted octanol–water partition coefficient (Wildman–Crippen LogP) is 3.63. The van der Waals surface area contributed by atoms with Crippen LogP contribution >= 0.6 is 0 Å². The van der Waals surface area contributed by atoms with Gasteiger partial charge in [0.1, 0.15) is 23.1 Å². The van der Waals surface area contributed by atoms with Crippen LogP contribution in [0.15, 0.2) is 76.9 Å². The van der Waals surface area contributed by atoms with Crippen molar-refractivity contribution in [3.05, 3.63) is 105 Å². The van der Waals surface area contributed by atoms with Gasteiger partial charge in [-0.05, 0) is 36.6 Å². The van der Waals surface area contributed by atoms with Crippen molar-refractivity contribution >= 4 is 0 Å². The van der Waals surface area contributed by atoms with Gasteiger partial charge in [0.05, 0.1) is 18.6 Å². The van der Waals surface area contributed by atoms with Gasteiger partial charge in [-0.3, -0.25) is 4.79 Å². The molecule has 2 aromatic carbocycles. The molecule has 1 aliphatic rings. The number of nitriles is 1. The number of benzene rings is 2. The number of allylic oxidation sites excluding steroid dienone is 1. The van der Waals surface area contributed by atoms with E-state index in [1.807, 2.05) is 55.5 Å². The Hall–Kier alpha value is -3.98. The van der Waals surface area contributed by atoms with Crippen LogP contribution in [0.4, 0.5) is 0 Å². The molecule has 1 atom stereocenters. The molecule has 2 heterocycles. The fourth-order valence-corrected chi connectivity index (χ4v) is 3.98. The molecule has 0 saturated heterocycles. The highest BCUT2D eigenvalue weighted by atomic mass is 16.5. The summed E-state index contributed by atoms with van der Waals surface area (Å²) in [5.74, 6) is 0.513. The van der Waals surface area contributed by atoms with Crippen molar-refractivity contribution in [1.82, 2.24) is 4.57 Å². The van der Waals surface area contributed by atoms with Gasteiger partial charge in [0.15, 0.2) is 0 Å². The van der Waals surface area contributed by atoms with Gasteiger partial charge >= 0.3 is 0 Å². The lowest BCUT2D eigenvalue weighted by atomic mass is 9.84. The first-order chi connectivity index (χ1) is 15.0. The molecule has 4 rings (SSSR count). The monoisotopic (exact) mass is 413 g/mol. The summed E-state index contributed by atoms with van der Waals surface area (Å²) in [6, 6.07) is 21.3. The fourth-order valence-electron chi connectivity index (χ4n) is 3.98. The van der Waals surface area contributed by atoms with Gasteiger partial charge in [-0.2, -0.15) is 5.26 Å². The molecule has 1 aliphatic heterocycles. The molecule has 0 saturated carbocycles. The summed E-state index contributed by atoms with van der Waals surface area (Å²) < 4.78 is 12.7. The summed E-state index contributed by atoms with van der Waals surface area (Å²) in [4.78, 5) is 13.6. The lowest BCUT2D eigenvalue weighted by Crippen LogP contribution is -2.33. The third kappa shape index (κ3) is 3.78. The number of hydrogen-bond acceptors (Lipinski definition) is 5. The molecule has 0 amide bonds. The zero-order valence-corrected chi connectivity index (χ0v) is 17.5. The van der Waals surface area contributed by atoms with Crippen molar-refractivity contribution in [3.63, 3.8) is 0 Å². The number of aryl methyl sites for hydroxylation is 2. The zero-order valence-electron chi connectivity index (χ0n) is 17.5. The van der Waals surface area contributed by atoms with Crippen molar-refractivity contribution in [2.45, 2.75) is 25.8 Å². The Morgan fingerprint density at radius 1 is 1.16 bits per heavy atom. The third-order valence-corrected chi connectivity index (χ3v) is 5.61. The van der Waals surface area contributed by atoms with Crippen LogP contribution < -0.4 is 20.8 Å². The van der Waals surface area contributed by atoms with E-state index in [-0.39, 0.29) is 17.0 Å². The molecule has 0 unspecified atom stereocenters. The first-order valence-electron chi connectivity index (χ1n) is 10.0. The van der Waals surface area contributed by atoms with Crippen LogP contribution in [-0.4, -0.2) is 11.7 Å². The van der Waals surface area contributed by atoms with Gasteiger partial charge in [0.25, 0.3) is 5.56 Å². The second-order valence-electron chi connectivity index (χ2n) is 7.45. The number of methoxy groups -OCH3 is 1. The van der Waals surface area contributed by atoms with E-state index in [0.717, 1.165) is 23.2 Å². The minimum Gasteiger partial charge on any atom is -0.497 e. The molecule has 1 aromatic heterocycles. The van der Waals surface area contributed by atoms with Crippen LogP contribution in [0.25, 0.3) is 0 Å². The fraction of sp³-hybridized carbons (Fsp3) is 0.200. The highest BCUT2D eigenvalue weighted by Crippen LogP contribution is 2.40. The van der Waals surface area contributed by atoms with Crippen molar-refractivity contribution in [1.29, 1.82) is 5.26 Å². The molecule has 0 bridgehead atoms. The molecule has 0 fully saturated rings. The predicted molar refractivity (Wildman–Crippen MR) is 118 cm³/mol. The largest absolute Gasteiger partial charge is 0.497 e. The molecule has 0 spiro atoms. The van der Waals surface area contributed by atoms with Crippen molar-refractivity contribution in [3.8, 4) is 17.6 Å². The van der Waals surface area contributed by atoms with Crippen LogP contribution in [0.2, 0.25) is 0 Å². The Morgan fingerprint density at radius 2 is 1.87 bits per heavy atom. The van der Waals surface area contributed by atoms with E-state index in [9.17, 15) is 10.1 Å². The first-order valence-corrected chi connectivity index (χ1v) is 10.0. The highest BCUT2D eigenvalue weighted by Gasteiger charge is 2.34. The Morgan fingerprint density at radius 3 is 2.52 bits per heavy atom. The number of ether oxygens (including phenoxy) is 2. The van der Waals surface area contributed by atoms with Crippen LogP contribution in [0.1, 0.15) is 28.3 Å². The van der Waals surface area contributed by atoms with Gasteiger partial charge in [0.2, 0.25) is 5.88 Å². The van der Waals surface area contributed by atoms with E-state index in [1.54, 1.807) is 23.8 Å². The first kappa shape index (κ1) is 20.3. The molecule has 2 N–H and O–H groups in total. The van der Waals surface area contributed by atoms with Crippen molar-refractivity contribution in [2.75, 3.05) is 7.11 Å². The Bertz CT molecular complexity index is 1240. The minimum atomic E-state index is -0.601. The number of nitrogens with zero attached hydrogens (tertiary/aromatic N) is 2. The molecule has 0 aliphatic carbocycles. The second-order valence-corrected chi connectivity index (χ2v) is 7.45. The topological polar surface area (TPSA) is 90.3 Å². The number of nitrogens with two attached hydrogens (primary N) is 1. The normalized spacial score (nSPS) is 15.1. The molecule has 156 valence electrons. The van der Waals surface area contributed by atoms with E-state index in [4.69, 9.17) is 15.2 Å². The summed E-state index contributed by atoms with van der Waals surface area (Å²) in [6.45, 7) is 2.40. The summed E-state index contributed by atoms with van der Waals surface area (Å²) in [5, 5.41) is 9.78. The zero-order chi connectivity index (χ0) is 22.0. The van der Waals surface area contributed by atoms with E-state index < -0.39 is 5.92 Å². The van der Waals surface area contributed by atoms with Gasteiger partial charge in [-0.15, -0.1) is 0 Å². The molecule has 0 radical (unpaired) electrons. The summed E-state index contributed by atoms with van der Waals surface area (Å²) in [7, 11) is 1.59. The standard InChI is InChI=1S/C25H23N3O3/c1-16-14-21-23(25(29)28(16)13-12-17-6-4-3-5-7-17)22(20(15-26)24(27)31-21)18-8-10-19(30-2)11-9-18/h3-11,14,22H,12-13,27H2,1-2H3/t22-/m1/s1. The second kappa shape index (κ2) is 8.41.